The first-order valence-electron chi connectivity index (χ1n) is 5.47. The fraction of sp³-hybridized carbons (Fsp3) is 0.364. The number of halogens is 2. The maximum atomic E-state index is 13.7. The zero-order chi connectivity index (χ0) is 14.6. The zero-order valence-electron chi connectivity index (χ0n) is 10.1. The lowest BCUT2D eigenvalue weighted by atomic mass is 10.2. The van der Waals surface area contributed by atoms with Gasteiger partial charge in [-0.25, -0.2) is 8.78 Å². The summed E-state index contributed by atoms with van der Waals surface area (Å²) in [6.07, 6.45) is 0.475. The smallest absolute Gasteiger partial charge is 0.323 e. The molecule has 0 aliphatic heterocycles. The summed E-state index contributed by atoms with van der Waals surface area (Å²) in [6.45, 7) is 1.26. The highest BCUT2D eigenvalue weighted by Crippen LogP contribution is 2.28. The van der Waals surface area contributed by atoms with Crippen molar-refractivity contribution in [3.05, 3.63) is 33.9 Å². The molecule has 0 aromatic heterocycles. The molecule has 0 saturated carbocycles. The van der Waals surface area contributed by atoms with Crippen LogP contribution in [0.1, 0.15) is 13.3 Å². The Hall–Kier alpha value is -2.25. The normalized spacial score (nSPS) is 10.3. The van der Waals surface area contributed by atoms with Crippen molar-refractivity contribution in [3.63, 3.8) is 0 Å². The van der Waals surface area contributed by atoms with Crippen LogP contribution in [0.15, 0.2) is 12.1 Å². The minimum Gasteiger partial charge on any atom is -0.480 e. The van der Waals surface area contributed by atoms with Crippen LogP contribution in [-0.4, -0.2) is 29.1 Å². The molecule has 0 amide bonds. The third kappa shape index (κ3) is 3.60. The Kier molecular flexibility index (Phi) is 4.74. The van der Waals surface area contributed by atoms with Crippen molar-refractivity contribution >= 4 is 17.3 Å². The van der Waals surface area contributed by atoms with Gasteiger partial charge < -0.3 is 10.0 Å². The maximum Gasteiger partial charge on any atom is 0.323 e. The van der Waals surface area contributed by atoms with Crippen molar-refractivity contribution in [2.45, 2.75) is 13.3 Å². The van der Waals surface area contributed by atoms with Gasteiger partial charge in [-0.1, -0.05) is 6.92 Å². The molecule has 0 aliphatic rings. The zero-order valence-corrected chi connectivity index (χ0v) is 10.1. The molecule has 0 spiro atoms. The molecule has 0 saturated heterocycles. The minimum atomic E-state index is -1.24. The monoisotopic (exact) mass is 274 g/mol. The van der Waals surface area contributed by atoms with Crippen LogP contribution in [0.25, 0.3) is 0 Å². The molecular formula is C11H12F2N2O4. The lowest BCUT2D eigenvalue weighted by molar-refractivity contribution is -0.385. The maximum absolute atomic E-state index is 13.7. The van der Waals surface area contributed by atoms with E-state index in [0.29, 0.717) is 18.6 Å². The number of benzene rings is 1. The highest BCUT2D eigenvalue weighted by atomic mass is 19.1. The van der Waals surface area contributed by atoms with Gasteiger partial charge in [0.1, 0.15) is 12.2 Å². The SMILES string of the molecule is CCCN(CC(=O)O)c1c(F)cc([N+](=O)[O-])cc1F. The molecule has 0 bridgehead atoms. The van der Waals surface area contributed by atoms with E-state index in [4.69, 9.17) is 5.11 Å². The van der Waals surface area contributed by atoms with Crippen molar-refractivity contribution in [1.82, 2.24) is 0 Å². The van der Waals surface area contributed by atoms with Gasteiger partial charge in [-0.2, -0.15) is 0 Å². The predicted octanol–water partition coefficient (Wildman–Crippen LogP) is 2.17. The van der Waals surface area contributed by atoms with Gasteiger partial charge in [0, 0.05) is 6.54 Å². The number of nitro benzene ring substituents is 1. The van der Waals surface area contributed by atoms with Crippen molar-refractivity contribution in [1.29, 1.82) is 0 Å². The molecular weight excluding hydrogens is 262 g/mol. The Morgan fingerprint density at radius 2 is 1.95 bits per heavy atom. The molecule has 8 heteroatoms. The summed E-state index contributed by atoms with van der Waals surface area (Å²) in [5.74, 6) is -3.55. The van der Waals surface area contributed by atoms with Gasteiger partial charge in [-0.15, -0.1) is 0 Å². The molecule has 1 aromatic rings. The van der Waals surface area contributed by atoms with Crippen LogP contribution in [0.5, 0.6) is 0 Å². The number of nitrogens with zero attached hydrogens (tertiary/aromatic N) is 2. The molecule has 0 heterocycles. The van der Waals surface area contributed by atoms with Gasteiger partial charge in [0.2, 0.25) is 0 Å². The largest absolute Gasteiger partial charge is 0.480 e. The average molecular weight is 274 g/mol. The Morgan fingerprint density at radius 1 is 1.42 bits per heavy atom. The van der Waals surface area contributed by atoms with Crippen LogP contribution in [0.3, 0.4) is 0 Å². The van der Waals surface area contributed by atoms with Crippen LogP contribution in [-0.2, 0) is 4.79 Å². The second kappa shape index (κ2) is 6.07. The Labute approximate surface area is 107 Å². The summed E-state index contributed by atoms with van der Waals surface area (Å²) in [7, 11) is 0. The number of hydrogen-bond donors (Lipinski definition) is 1. The molecule has 19 heavy (non-hydrogen) atoms. The summed E-state index contributed by atoms with van der Waals surface area (Å²) < 4.78 is 27.4. The number of aliphatic carboxylic acids is 1. The average Bonchev–Trinajstić information content (AvgIpc) is 2.27. The van der Waals surface area contributed by atoms with Crippen LogP contribution in [0.2, 0.25) is 0 Å². The molecule has 0 radical (unpaired) electrons. The lowest BCUT2D eigenvalue weighted by Crippen LogP contribution is -2.32. The summed E-state index contributed by atoms with van der Waals surface area (Å²) in [6, 6.07) is 1.14. The third-order valence-corrected chi connectivity index (χ3v) is 2.35. The second-order valence-corrected chi connectivity index (χ2v) is 3.83. The van der Waals surface area contributed by atoms with E-state index < -0.39 is 40.4 Å². The number of carbonyl (C=O) groups is 1. The molecule has 0 atom stereocenters. The first-order chi connectivity index (χ1) is 8.86. The van der Waals surface area contributed by atoms with Crippen LogP contribution < -0.4 is 4.90 Å². The fourth-order valence-electron chi connectivity index (χ4n) is 1.66. The third-order valence-electron chi connectivity index (χ3n) is 2.35. The van der Waals surface area contributed by atoms with Crippen LogP contribution >= 0.6 is 0 Å². The van der Waals surface area contributed by atoms with E-state index in [1.165, 1.54) is 0 Å². The molecule has 1 N–H and O–H groups in total. The number of carboxylic acids is 1. The van der Waals surface area contributed by atoms with E-state index in [1.54, 1.807) is 6.92 Å². The van der Waals surface area contributed by atoms with E-state index in [1.807, 2.05) is 0 Å². The van der Waals surface area contributed by atoms with Gasteiger partial charge in [0.05, 0.1) is 17.1 Å². The Bertz CT molecular complexity index is 484. The summed E-state index contributed by atoms with van der Waals surface area (Å²) in [5.41, 5.74) is -1.28. The Balaban J connectivity index is 3.23. The van der Waals surface area contributed by atoms with Crippen molar-refractivity contribution in [2.75, 3.05) is 18.0 Å². The van der Waals surface area contributed by atoms with Gasteiger partial charge in [0.25, 0.3) is 5.69 Å². The number of carboxylic acid groups (broad SMARTS) is 1. The molecule has 1 rings (SSSR count). The van der Waals surface area contributed by atoms with E-state index in [0.717, 1.165) is 4.90 Å². The van der Waals surface area contributed by atoms with Gasteiger partial charge >= 0.3 is 5.97 Å². The predicted molar refractivity (Wildman–Crippen MR) is 63.2 cm³/mol. The minimum absolute atomic E-state index is 0.123. The molecule has 104 valence electrons. The molecule has 0 unspecified atom stereocenters. The fourth-order valence-corrected chi connectivity index (χ4v) is 1.66. The highest BCUT2D eigenvalue weighted by Gasteiger charge is 2.22. The van der Waals surface area contributed by atoms with E-state index >= 15 is 0 Å². The quantitative estimate of drug-likeness (QED) is 0.635. The molecule has 6 nitrogen and oxygen atoms in total. The standard InChI is InChI=1S/C11H12F2N2O4/c1-2-3-14(6-10(16)17)11-8(12)4-7(15(18)19)5-9(11)13/h4-5H,2-3,6H2,1H3,(H,16,17). The van der Waals surface area contributed by atoms with Crippen molar-refractivity contribution in [3.8, 4) is 0 Å². The van der Waals surface area contributed by atoms with E-state index in [2.05, 4.69) is 0 Å². The number of hydrogen-bond acceptors (Lipinski definition) is 4. The Morgan fingerprint density at radius 3 is 2.32 bits per heavy atom. The molecule has 0 fully saturated rings. The number of anilines is 1. The van der Waals surface area contributed by atoms with Gasteiger partial charge in [0.15, 0.2) is 11.6 Å². The molecule has 0 aliphatic carbocycles. The van der Waals surface area contributed by atoms with Crippen molar-refractivity contribution < 1.29 is 23.6 Å². The van der Waals surface area contributed by atoms with Crippen LogP contribution in [0.4, 0.5) is 20.2 Å². The summed E-state index contributed by atoms with van der Waals surface area (Å²) >= 11 is 0. The van der Waals surface area contributed by atoms with Gasteiger partial charge in [-0.3, -0.25) is 14.9 Å². The first-order valence-corrected chi connectivity index (χ1v) is 5.47. The van der Waals surface area contributed by atoms with E-state index in [-0.39, 0.29) is 6.54 Å². The van der Waals surface area contributed by atoms with Crippen LogP contribution in [0, 0.1) is 21.7 Å². The lowest BCUT2D eigenvalue weighted by Gasteiger charge is -2.23. The number of non-ortho nitro benzene ring substituents is 1. The first kappa shape index (κ1) is 14.8. The number of rotatable bonds is 6. The number of nitro groups is 1. The highest BCUT2D eigenvalue weighted by molar-refractivity contribution is 5.74. The summed E-state index contributed by atoms with van der Waals surface area (Å²) in [4.78, 5) is 21.2. The summed E-state index contributed by atoms with van der Waals surface area (Å²) in [5, 5.41) is 19.2. The second-order valence-electron chi connectivity index (χ2n) is 3.83. The topological polar surface area (TPSA) is 83.7 Å². The van der Waals surface area contributed by atoms with Gasteiger partial charge in [-0.05, 0) is 6.42 Å². The van der Waals surface area contributed by atoms with E-state index in [9.17, 15) is 23.7 Å². The van der Waals surface area contributed by atoms with Crippen molar-refractivity contribution in [2.24, 2.45) is 0 Å². The molecule has 1 aromatic carbocycles.